The van der Waals surface area contributed by atoms with Crippen molar-refractivity contribution in [3.05, 3.63) is 46.4 Å². The number of fused-ring (bicyclic) bond motifs is 1. The van der Waals surface area contributed by atoms with Gasteiger partial charge in [-0.05, 0) is 45.4 Å². The molecule has 2 heterocycles. The molecule has 1 aromatic carbocycles. The summed E-state index contributed by atoms with van der Waals surface area (Å²) in [4.78, 5) is 41.4. The van der Waals surface area contributed by atoms with Crippen molar-refractivity contribution in [3.63, 3.8) is 0 Å². The van der Waals surface area contributed by atoms with E-state index < -0.39 is 11.7 Å². The average molecular weight is 429 g/mol. The molecule has 0 fully saturated rings. The van der Waals surface area contributed by atoms with Gasteiger partial charge in [0.05, 0.1) is 18.8 Å². The first-order valence-electron chi connectivity index (χ1n) is 10.1. The summed E-state index contributed by atoms with van der Waals surface area (Å²) in [5, 5.41) is 2.65. The highest BCUT2D eigenvalue weighted by Gasteiger charge is 2.27. The molecule has 0 unspecified atom stereocenters. The van der Waals surface area contributed by atoms with Gasteiger partial charge in [-0.15, -0.1) is 0 Å². The molecule has 9 heteroatoms. The molecule has 0 spiro atoms. The molecule has 9 nitrogen and oxygen atoms in total. The van der Waals surface area contributed by atoms with E-state index in [9.17, 15) is 14.4 Å². The predicted octanol–water partition coefficient (Wildman–Crippen LogP) is 3.44. The standard InChI is InChI=1S/C22H27N3O6/c1-5-8-29-19-11-23-15(10-17(19)26)12-25-16-9-14(24-21(28)31-22(2,3)4)6-7-18(16)30-13-20(25)27/h6-7,9-11H,5,8,12-13H2,1-4H3,(H,23,26)(H,24,28). The van der Waals surface area contributed by atoms with Crippen LogP contribution in [0.3, 0.4) is 0 Å². The number of carbonyl (C=O) groups excluding carboxylic acids is 2. The number of hydrogen-bond acceptors (Lipinski definition) is 6. The number of aromatic amines is 1. The molecule has 31 heavy (non-hydrogen) atoms. The number of aromatic nitrogens is 1. The summed E-state index contributed by atoms with van der Waals surface area (Å²) in [6, 6.07) is 6.38. The Morgan fingerprint density at radius 1 is 1.26 bits per heavy atom. The van der Waals surface area contributed by atoms with Crippen LogP contribution in [0.2, 0.25) is 0 Å². The number of rotatable bonds is 6. The Hall–Kier alpha value is -3.49. The predicted molar refractivity (Wildman–Crippen MR) is 116 cm³/mol. The smallest absolute Gasteiger partial charge is 0.412 e. The fourth-order valence-corrected chi connectivity index (χ4v) is 2.96. The lowest BCUT2D eigenvalue weighted by Crippen LogP contribution is -2.38. The number of ether oxygens (including phenoxy) is 3. The Morgan fingerprint density at radius 3 is 2.71 bits per heavy atom. The first-order chi connectivity index (χ1) is 14.7. The van der Waals surface area contributed by atoms with E-state index >= 15 is 0 Å². The molecule has 0 saturated heterocycles. The maximum atomic E-state index is 12.5. The van der Waals surface area contributed by atoms with Gasteiger partial charge in [0.15, 0.2) is 12.4 Å². The Morgan fingerprint density at radius 2 is 2.03 bits per heavy atom. The summed E-state index contributed by atoms with van der Waals surface area (Å²) in [6.45, 7) is 7.73. The monoisotopic (exact) mass is 429 g/mol. The maximum absolute atomic E-state index is 12.5. The summed E-state index contributed by atoms with van der Waals surface area (Å²) in [5.74, 6) is 0.469. The van der Waals surface area contributed by atoms with Gasteiger partial charge in [-0.25, -0.2) is 4.79 Å². The van der Waals surface area contributed by atoms with Crippen LogP contribution in [0.15, 0.2) is 35.3 Å². The van der Waals surface area contributed by atoms with Crippen molar-refractivity contribution in [1.29, 1.82) is 0 Å². The van der Waals surface area contributed by atoms with Gasteiger partial charge in [0.25, 0.3) is 5.91 Å². The van der Waals surface area contributed by atoms with E-state index in [-0.39, 0.29) is 30.2 Å². The van der Waals surface area contributed by atoms with E-state index in [1.54, 1.807) is 39.0 Å². The van der Waals surface area contributed by atoms with Gasteiger partial charge < -0.3 is 19.2 Å². The van der Waals surface area contributed by atoms with Gasteiger partial charge >= 0.3 is 6.09 Å². The van der Waals surface area contributed by atoms with Crippen LogP contribution in [0.1, 0.15) is 39.8 Å². The summed E-state index contributed by atoms with van der Waals surface area (Å²) in [7, 11) is 0. The summed E-state index contributed by atoms with van der Waals surface area (Å²) >= 11 is 0. The van der Waals surface area contributed by atoms with E-state index in [2.05, 4.69) is 10.3 Å². The first kappa shape index (κ1) is 22.2. The summed E-state index contributed by atoms with van der Waals surface area (Å²) in [5.41, 5.74) is 0.580. The fraction of sp³-hybridized carbons (Fsp3) is 0.409. The summed E-state index contributed by atoms with van der Waals surface area (Å²) in [6.07, 6.45) is 1.69. The van der Waals surface area contributed by atoms with Crippen molar-refractivity contribution in [2.24, 2.45) is 0 Å². The van der Waals surface area contributed by atoms with Gasteiger partial charge in [0.1, 0.15) is 11.4 Å². The van der Waals surface area contributed by atoms with Crippen molar-refractivity contribution >= 4 is 23.4 Å². The molecule has 2 N–H and O–H groups in total. The average Bonchev–Trinajstić information content (AvgIpc) is 2.68. The van der Waals surface area contributed by atoms with Crippen molar-refractivity contribution < 1.29 is 23.8 Å². The zero-order chi connectivity index (χ0) is 22.6. The van der Waals surface area contributed by atoms with E-state index in [0.717, 1.165) is 6.42 Å². The highest BCUT2D eigenvalue weighted by atomic mass is 16.6. The van der Waals surface area contributed by atoms with Gasteiger partial charge in [-0.2, -0.15) is 0 Å². The molecular formula is C22H27N3O6. The number of carbonyl (C=O) groups is 2. The highest BCUT2D eigenvalue weighted by molar-refractivity contribution is 5.99. The molecule has 2 amide bonds. The molecule has 166 valence electrons. The molecule has 0 atom stereocenters. The zero-order valence-corrected chi connectivity index (χ0v) is 18.1. The van der Waals surface area contributed by atoms with Crippen LogP contribution in [0.4, 0.5) is 16.2 Å². The van der Waals surface area contributed by atoms with Crippen molar-refractivity contribution in [1.82, 2.24) is 4.98 Å². The largest absolute Gasteiger partial charge is 0.488 e. The third-order valence-electron chi connectivity index (χ3n) is 4.27. The minimum atomic E-state index is -0.637. The van der Waals surface area contributed by atoms with Crippen molar-refractivity contribution in [2.75, 3.05) is 23.4 Å². The number of amides is 2. The number of pyridine rings is 1. The number of nitrogens with zero attached hydrogens (tertiary/aromatic N) is 1. The molecule has 0 radical (unpaired) electrons. The van der Waals surface area contributed by atoms with Crippen LogP contribution >= 0.6 is 0 Å². The SMILES string of the molecule is CCCOc1c[nH]c(CN2C(=O)COc3ccc(NC(=O)OC(C)(C)C)cc32)cc1=O. The second-order valence-corrected chi connectivity index (χ2v) is 8.11. The van der Waals surface area contributed by atoms with Crippen LogP contribution in [0.25, 0.3) is 0 Å². The fourth-order valence-electron chi connectivity index (χ4n) is 2.96. The lowest BCUT2D eigenvalue weighted by atomic mass is 10.2. The quantitative estimate of drug-likeness (QED) is 0.728. The van der Waals surface area contributed by atoms with Crippen LogP contribution in [-0.2, 0) is 16.1 Å². The van der Waals surface area contributed by atoms with Crippen LogP contribution in [0.5, 0.6) is 11.5 Å². The number of anilines is 2. The number of benzene rings is 1. The van der Waals surface area contributed by atoms with Gasteiger partial charge in [0.2, 0.25) is 5.43 Å². The lowest BCUT2D eigenvalue weighted by Gasteiger charge is -2.30. The number of H-pyrrole nitrogens is 1. The number of hydrogen-bond donors (Lipinski definition) is 2. The van der Waals surface area contributed by atoms with Gasteiger partial charge in [0, 0.05) is 23.6 Å². The Balaban J connectivity index is 1.81. The lowest BCUT2D eigenvalue weighted by molar-refractivity contribution is -0.121. The van der Waals surface area contributed by atoms with E-state index in [4.69, 9.17) is 14.2 Å². The number of nitrogens with one attached hydrogen (secondary N) is 2. The Labute approximate surface area is 180 Å². The summed E-state index contributed by atoms with van der Waals surface area (Å²) < 4.78 is 16.2. The van der Waals surface area contributed by atoms with Crippen LogP contribution in [0, 0.1) is 0 Å². The second kappa shape index (κ2) is 9.11. The third kappa shape index (κ3) is 5.78. The highest BCUT2D eigenvalue weighted by Crippen LogP contribution is 2.35. The molecule has 1 aliphatic heterocycles. The molecule has 0 saturated carbocycles. The normalized spacial score (nSPS) is 13.3. The van der Waals surface area contributed by atoms with Gasteiger partial charge in [-0.1, -0.05) is 6.92 Å². The molecule has 3 rings (SSSR count). The third-order valence-corrected chi connectivity index (χ3v) is 4.27. The first-order valence-corrected chi connectivity index (χ1v) is 10.1. The minimum absolute atomic E-state index is 0.117. The zero-order valence-electron chi connectivity index (χ0n) is 18.1. The van der Waals surface area contributed by atoms with Gasteiger partial charge in [-0.3, -0.25) is 19.8 Å². The van der Waals surface area contributed by atoms with Crippen molar-refractivity contribution in [2.45, 2.75) is 46.3 Å². The molecule has 2 aromatic rings. The van der Waals surface area contributed by atoms with Crippen LogP contribution < -0.4 is 25.1 Å². The molecule has 1 aliphatic rings. The second-order valence-electron chi connectivity index (χ2n) is 8.11. The molecular weight excluding hydrogens is 402 g/mol. The molecule has 0 aliphatic carbocycles. The van der Waals surface area contributed by atoms with E-state index in [0.29, 0.717) is 29.4 Å². The maximum Gasteiger partial charge on any atom is 0.412 e. The van der Waals surface area contributed by atoms with E-state index in [1.807, 2.05) is 6.92 Å². The molecule has 1 aromatic heterocycles. The van der Waals surface area contributed by atoms with Crippen molar-refractivity contribution in [3.8, 4) is 11.5 Å². The molecule has 0 bridgehead atoms. The van der Waals surface area contributed by atoms with Crippen LogP contribution in [-0.4, -0.2) is 35.8 Å². The Bertz CT molecular complexity index is 1020. The Kier molecular flexibility index (Phi) is 6.53. The van der Waals surface area contributed by atoms with E-state index in [1.165, 1.54) is 17.2 Å². The topological polar surface area (TPSA) is 110 Å². The minimum Gasteiger partial charge on any atom is -0.488 e.